The molecule has 1 unspecified atom stereocenters. The van der Waals surface area contributed by atoms with Crippen molar-refractivity contribution < 1.29 is 14.6 Å². The van der Waals surface area contributed by atoms with E-state index in [4.69, 9.17) is 4.74 Å². The van der Waals surface area contributed by atoms with Crippen LogP contribution in [0.15, 0.2) is 35.2 Å². The van der Waals surface area contributed by atoms with Crippen LogP contribution in [0.25, 0.3) is 0 Å². The summed E-state index contributed by atoms with van der Waals surface area (Å²) in [6, 6.07) is 7.22. The number of amides is 1. The van der Waals surface area contributed by atoms with Gasteiger partial charge in [-0.3, -0.25) is 4.79 Å². The standard InChI is InChI=1S/C16H18N2O3S/c19-8-12-4-5-18(7-12)16(20)13-2-1-3-15(6-13)21-9-14-10-22-11-17-14/h1-3,6,10-12,19H,4-5,7-9H2. The van der Waals surface area contributed by atoms with Crippen molar-refractivity contribution in [3.8, 4) is 5.75 Å². The van der Waals surface area contributed by atoms with Crippen molar-refractivity contribution in [1.29, 1.82) is 0 Å². The van der Waals surface area contributed by atoms with Crippen LogP contribution in [-0.4, -0.2) is 40.6 Å². The normalized spacial score (nSPS) is 17.7. The molecule has 0 bridgehead atoms. The first-order chi connectivity index (χ1) is 10.8. The Labute approximate surface area is 133 Å². The number of likely N-dealkylation sites (tertiary alicyclic amines) is 1. The van der Waals surface area contributed by atoms with Gasteiger partial charge in [0.15, 0.2) is 0 Å². The number of thiazole rings is 1. The molecule has 22 heavy (non-hydrogen) atoms. The summed E-state index contributed by atoms with van der Waals surface area (Å²) in [5.74, 6) is 0.861. The van der Waals surface area contributed by atoms with Crippen LogP contribution >= 0.6 is 11.3 Å². The van der Waals surface area contributed by atoms with Crippen LogP contribution in [0, 0.1) is 5.92 Å². The van der Waals surface area contributed by atoms with Gasteiger partial charge in [-0.15, -0.1) is 11.3 Å². The average Bonchev–Trinajstić information content (AvgIpc) is 3.24. The van der Waals surface area contributed by atoms with Crippen LogP contribution in [0.1, 0.15) is 22.5 Å². The smallest absolute Gasteiger partial charge is 0.253 e. The lowest BCUT2D eigenvalue weighted by atomic mass is 10.1. The van der Waals surface area contributed by atoms with Gasteiger partial charge < -0.3 is 14.7 Å². The molecule has 1 aliphatic heterocycles. The van der Waals surface area contributed by atoms with Crippen molar-refractivity contribution in [3.63, 3.8) is 0 Å². The van der Waals surface area contributed by atoms with Gasteiger partial charge >= 0.3 is 0 Å². The fourth-order valence-corrected chi connectivity index (χ4v) is 3.08. The number of aliphatic hydroxyl groups excluding tert-OH is 1. The Morgan fingerprint density at radius 2 is 2.41 bits per heavy atom. The number of nitrogens with zero attached hydrogens (tertiary/aromatic N) is 2. The van der Waals surface area contributed by atoms with E-state index in [0.717, 1.165) is 12.1 Å². The molecule has 1 fully saturated rings. The second kappa shape index (κ2) is 6.89. The van der Waals surface area contributed by atoms with E-state index in [1.54, 1.807) is 22.5 Å². The Bertz CT molecular complexity index is 630. The molecule has 0 aliphatic carbocycles. The summed E-state index contributed by atoms with van der Waals surface area (Å²) in [4.78, 5) is 18.4. The van der Waals surface area contributed by atoms with Crippen molar-refractivity contribution in [1.82, 2.24) is 9.88 Å². The van der Waals surface area contributed by atoms with Crippen molar-refractivity contribution >= 4 is 17.2 Å². The molecule has 0 saturated carbocycles. The Kier molecular flexibility index (Phi) is 4.70. The zero-order valence-electron chi connectivity index (χ0n) is 12.1. The van der Waals surface area contributed by atoms with Gasteiger partial charge in [0.2, 0.25) is 0 Å². The molecule has 3 rings (SSSR count). The van der Waals surface area contributed by atoms with E-state index in [1.807, 2.05) is 17.5 Å². The Morgan fingerprint density at radius 3 is 3.14 bits per heavy atom. The number of carbonyl (C=O) groups is 1. The average molecular weight is 318 g/mol. The molecule has 2 aromatic rings. The van der Waals surface area contributed by atoms with Crippen molar-refractivity contribution in [2.75, 3.05) is 19.7 Å². The van der Waals surface area contributed by atoms with E-state index < -0.39 is 0 Å². The summed E-state index contributed by atoms with van der Waals surface area (Å²) in [5, 5.41) is 11.1. The highest BCUT2D eigenvalue weighted by Crippen LogP contribution is 2.21. The highest BCUT2D eigenvalue weighted by Gasteiger charge is 2.26. The van der Waals surface area contributed by atoms with E-state index >= 15 is 0 Å². The van der Waals surface area contributed by atoms with Gasteiger partial charge in [0.25, 0.3) is 5.91 Å². The molecule has 1 atom stereocenters. The molecular weight excluding hydrogens is 300 g/mol. The van der Waals surface area contributed by atoms with Crippen LogP contribution in [0.3, 0.4) is 0 Å². The predicted octanol–water partition coefficient (Wildman–Crippen LogP) is 2.18. The molecule has 2 heterocycles. The molecule has 1 aliphatic rings. The number of hydrogen-bond acceptors (Lipinski definition) is 5. The SMILES string of the molecule is O=C(c1cccc(OCc2cscn2)c1)N1CCC(CO)C1. The molecule has 1 aromatic carbocycles. The number of aromatic nitrogens is 1. The zero-order valence-corrected chi connectivity index (χ0v) is 13.0. The zero-order chi connectivity index (χ0) is 15.4. The summed E-state index contributed by atoms with van der Waals surface area (Å²) in [7, 11) is 0. The lowest BCUT2D eigenvalue weighted by Gasteiger charge is -2.16. The largest absolute Gasteiger partial charge is 0.487 e. The number of hydrogen-bond donors (Lipinski definition) is 1. The van der Waals surface area contributed by atoms with E-state index in [9.17, 15) is 9.90 Å². The fourth-order valence-electron chi connectivity index (χ4n) is 2.53. The minimum atomic E-state index is -0.00458. The van der Waals surface area contributed by atoms with E-state index in [2.05, 4.69) is 4.98 Å². The van der Waals surface area contributed by atoms with Crippen molar-refractivity contribution in [2.24, 2.45) is 5.92 Å². The Balaban J connectivity index is 1.64. The third kappa shape index (κ3) is 3.45. The number of aliphatic hydroxyl groups is 1. The summed E-state index contributed by atoms with van der Waals surface area (Å²) in [5.41, 5.74) is 3.27. The number of rotatable bonds is 5. The minimum Gasteiger partial charge on any atom is -0.487 e. The van der Waals surface area contributed by atoms with Gasteiger partial charge in [-0.05, 0) is 24.6 Å². The van der Waals surface area contributed by atoms with Crippen LogP contribution in [0.5, 0.6) is 5.75 Å². The third-order valence-corrected chi connectivity index (χ3v) is 4.42. The minimum absolute atomic E-state index is 0.00458. The van der Waals surface area contributed by atoms with Crippen LogP contribution in [0.2, 0.25) is 0 Å². The molecule has 1 aromatic heterocycles. The summed E-state index contributed by atoms with van der Waals surface area (Å²) >= 11 is 1.53. The highest BCUT2D eigenvalue weighted by atomic mass is 32.1. The molecule has 0 spiro atoms. The van der Waals surface area contributed by atoms with E-state index in [-0.39, 0.29) is 18.4 Å². The van der Waals surface area contributed by atoms with Crippen LogP contribution in [0.4, 0.5) is 0 Å². The van der Waals surface area contributed by atoms with Gasteiger partial charge in [0.05, 0.1) is 11.2 Å². The maximum Gasteiger partial charge on any atom is 0.253 e. The lowest BCUT2D eigenvalue weighted by molar-refractivity contribution is 0.0781. The van der Waals surface area contributed by atoms with Gasteiger partial charge in [-0.1, -0.05) is 6.07 Å². The Hall–Kier alpha value is -1.92. The molecule has 116 valence electrons. The monoisotopic (exact) mass is 318 g/mol. The maximum atomic E-state index is 12.5. The molecule has 1 amide bonds. The Morgan fingerprint density at radius 1 is 1.50 bits per heavy atom. The molecule has 1 saturated heterocycles. The number of benzene rings is 1. The number of ether oxygens (including phenoxy) is 1. The van der Waals surface area contributed by atoms with Gasteiger partial charge in [0.1, 0.15) is 12.4 Å². The first-order valence-electron chi connectivity index (χ1n) is 7.26. The summed E-state index contributed by atoms with van der Waals surface area (Å²) in [6.07, 6.45) is 0.863. The summed E-state index contributed by atoms with van der Waals surface area (Å²) < 4.78 is 5.68. The van der Waals surface area contributed by atoms with E-state index in [0.29, 0.717) is 31.0 Å². The fraction of sp³-hybridized carbons (Fsp3) is 0.375. The van der Waals surface area contributed by atoms with Crippen molar-refractivity contribution in [3.05, 3.63) is 46.4 Å². The van der Waals surface area contributed by atoms with Gasteiger partial charge in [-0.2, -0.15) is 0 Å². The molecule has 6 heteroatoms. The number of carbonyl (C=O) groups excluding carboxylic acids is 1. The quantitative estimate of drug-likeness (QED) is 0.918. The first-order valence-corrected chi connectivity index (χ1v) is 8.20. The van der Waals surface area contributed by atoms with Gasteiger partial charge in [-0.25, -0.2) is 4.98 Å². The van der Waals surface area contributed by atoms with Crippen molar-refractivity contribution in [2.45, 2.75) is 13.0 Å². The molecular formula is C16H18N2O3S. The van der Waals surface area contributed by atoms with Crippen LogP contribution < -0.4 is 4.74 Å². The topological polar surface area (TPSA) is 62.7 Å². The second-order valence-electron chi connectivity index (χ2n) is 5.38. The lowest BCUT2D eigenvalue weighted by Crippen LogP contribution is -2.29. The highest BCUT2D eigenvalue weighted by molar-refractivity contribution is 7.07. The maximum absolute atomic E-state index is 12.5. The van der Waals surface area contributed by atoms with Crippen LogP contribution in [-0.2, 0) is 6.61 Å². The predicted molar refractivity (Wildman–Crippen MR) is 84.0 cm³/mol. The third-order valence-electron chi connectivity index (χ3n) is 3.78. The van der Waals surface area contributed by atoms with E-state index in [1.165, 1.54) is 11.3 Å². The molecule has 0 radical (unpaired) electrons. The van der Waals surface area contributed by atoms with Gasteiger partial charge in [0, 0.05) is 36.6 Å². The first kappa shape index (κ1) is 15.0. The molecule has 5 nitrogen and oxygen atoms in total. The second-order valence-corrected chi connectivity index (χ2v) is 6.10. The molecule has 1 N–H and O–H groups in total. The summed E-state index contributed by atoms with van der Waals surface area (Å²) in [6.45, 7) is 1.87.